The molecular formula is C21H17N3O4. The molecule has 2 aromatic carbocycles. The number of methoxy groups -OCH3 is 2. The quantitative estimate of drug-likeness (QED) is 0.564. The van der Waals surface area contributed by atoms with E-state index < -0.39 is 0 Å². The number of hydrogen-bond donors (Lipinski definition) is 1. The number of carbonyl (C=O) groups excluding carboxylic acids is 1. The van der Waals surface area contributed by atoms with E-state index in [1.165, 1.54) is 14.2 Å². The van der Waals surface area contributed by atoms with Gasteiger partial charge in [-0.1, -0.05) is 12.1 Å². The van der Waals surface area contributed by atoms with Gasteiger partial charge in [-0.25, -0.2) is 4.98 Å². The predicted molar refractivity (Wildman–Crippen MR) is 105 cm³/mol. The van der Waals surface area contributed by atoms with E-state index in [9.17, 15) is 4.79 Å². The number of benzene rings is 2. The van der Waals surface area contributed by atoms with Crippen molar-refractivity contribution in [2.75, 3.05) is 19.5 Å². The largest absolute Gasteiger partial charge is 0.496 e. The minimum Gasteiger partial charge on any atom is -0.496 e. The molecule has 1 amide bonds. The van der Waals surface area contributed by atoms with E-state index in [0.29, 0.717) is 39.9 Å². The fraction of sp³-hybridized carbons (Fsp3) is 0.0952. The van der Waals surface area contributed by atoms with Crippen LogP contribution in [0.25, 0.3) is 22.7 Å². The molecule has 7 nitrogen and oxygen atoms in total. The highest BCUT2D eigenvalue weighted by molar-refractivity contribution is 6.08. The van der Waals surface area contributed by atoms with Gasteiger partial charge in [0.15, 0.2) is 11.2 Å². The van der Waals surface area contributed by atoms with Crippen molar-refractivity contribution >= 4 is 22.8 Å². The van der Waals surface area contributed by atoms with Crippen molar-refractivity contribution in [3.8, 4) is 23.0 Å². The Kier molecular flexibility index (Phi) is 4.63. The van der Waals surface area contributed by atoms with Crippen molar-refractivity contribution < 1.29 is 18.7 Å². The van der Waals surface area contributed by atoms with Crippen LogP contribution < -0.4 is 14.8 Å². The van der Waals surface area contributed by atoms with Gasteiger partial charge in [0.25, 0.3) is 5.91 Å². The third-order valence-electron chi connectivity index (χ3n) is 4.19. The molecule has 2 aromatic heterocycles. The topological polar surface area (TPSA) is 86.5 Å². The highest BCUT2D eigenvalue weighted by Crippen LogP contribution is 2.30. The maximum atomic E-state index is 12.8. The van der Waals surface area contributed by atoms with Crippen molar-refractivity contribution in [3.63, 3.8) is 0 Å². The molecule has 0 fully saturated rings. The summed E-state index contributed by atoms with van der Waals surface area (Å²) < 4.78 is 16.3. The van der Waals surface area contributed by atoms with Gasteiger partial charge < -0.3 is 19.2 Å². The lowest BCUT2D eigenvalue weighted by atomic mass is 10.1. The second-order valence-corrected chi connectivity index (χ2v) is 5.92. The lowest BCUT2D eigenvalue weighted by Gasteiger charge is -2.13. The molecule has 140 valence electrons. The molecule has 0 aliphatic rings. The summed E-state index contributed by atoms with van der Waals surface area (Å²) in [5, 5.41) is 2.87. The van der Waals surface area contributed by atoms with Gasteiger partial charge in [0.1, 0.15) is 17.1 Å². The summed E-state index contributed by atoms with van der Waals surface area (Å²) in [6.45, 7) is 0. The molecule has 0 aliphatic carbocycles. The highest BCUT2D eigenvalue weighted by Gasteiger charge is 2.18. The molecule has 4 rings (SSSR count). The number of rotatable bonds is 5. The molecule has 0 radical (unpaired) electrons. The fourth-order valence-electron chi connectivity index (χ4n) is 2.89. The van der Waals surface area contributed by atoms with Crippen LogP contribution in [0.15, 0.2) is 65.2 Å². The van der Waals surface area contributed by atoms with Gasteiger partial charge in [0.2, 0.25) is 5.89 Å². The molecule has 0 unspecified atom stereocenters. The van der Waals surface area contributed by atoms with Gasteiger partial charge in [-0.3, -0.25) is 4.79 Å². The van der Waals surface area contributed by atoms with E-state index in [2.05, 4.69) is 15.3 Å². The number of carbonyl (C=O) groups is 1. The van der Waals surface area contributed by atoms with Crippen molar-refractivity contribution in [3.05, 3.63) is 66.4 Å². The smallest absolute Gasteiger partial charge is 0.263 e. The first kappa shape index (κ1) is 17.5. The van der Waals surface area contributed by atoms with Crippen molar-refractivity contribution in [2.45, 2.75) is 0 Å². The highest BCUT2D eigenvalue weighted by atomic mass is 16.5. The Bertz CT molecular complexity index is 1100. The lowest BCUT2D eigenvalue weighted by molar-refractivity contribution is 0.102. The Labute approximate surface area is 160 Å². The normalized spacial score (nSPS) is 10.6. The van der Waals surface area contributed by atoms with E-state index in [-0.39, 0.29) is 5.91 Å². The van der Waals surface area contributed by atoms with Gasteiger partial charge >= 0.3 is 0 Å². The number of fused-ring (bicyclic) bond motifs is 1. The average Bonchev–Trinajstić information content (AvgIpc) is 3.17. The number of hydrogen-bond acceptors (Lipinski definition) is 6. The van der Waals surface area contributed by atoms with E-state index >= 15 is 0 Å². The van der Waals surface area contributed by atoms with Crippen molar-refractivity contribution in [1.29, 1.82) is 0 Å². The van der Waals surface area contributed by atoms with Crippen LogP contribution in [0.3, 0.4) is 0 Å². The number of aromatic nitrogens is 2. The first-order valence-corrected chi connectivity index (χ1v) is 8.54. The van der Waals surface area contributed by atoms with Crippen LogP contribution in [0.5, 0.6) is 11.5 Å². The summed E-state index contributed by atoms with van der Waals surface area (Å²) in [6, 6.07) is 16.0. The molecule has 0 spiro atoms. The number of anilines is 1. The molecule has 0 saturated heterocycles. The standard InChI is InChI=1S/C21H17N3O4/c1-26-15-8-4-9-16(27-2)18(15)20(25)23-14-7-3-6-13(12-14)21-24-19-17(28-21)10-5-11-22-19/h3-12H,1-2H3,(H,23,25). The van der Waals surface area contributed by atoms with Crippen molar-refractivity contribution in [1.82, 2.24) is 9.97 Å². The number of nitrogens with one attached hydrogen (secondary N) is 1. The number of pyridine rings is 1. The van der Waals surface area contributed by atoms with Crippen LogP contribution in [0.2, 0.25) is 0 Å². The zero-order chi connectivity index (χ0) is 19.5. The summed E-state index contributed by atoms with van der Waals surface area (Å²) in [6.07, 6.45) is 1.66. The Balaban J connectivity index is 1.65. The van der Waals surface area contributed by atoms with Gasteiger partial charge in [0, 0.05) is 17.4 Å². The first-order valence-electron chi connectivity index (χ1n) is 8.54. The zero-order valence-electron chi connectivity index (χ0n) is 15.3. The summed E-state index contributed by atoms with van der Waals surface area (Å²) in [5.74, 6) is 0.946. The molecule has 28 heavy (non-hydrogen) atoms. The summed E-state index contributed by atoms with van der Waals surface area (Å²) >= 11 is 0. The molecular weight excluding hydrogens is 358 g/mol. The van der Waals surface area contributed by atoms with Crippen LogP contribution in [-0.2, 0) is 0 Å². The van der Waals surface area contributed by atoms with Crippen LogP contribution >= 0.6 is 0 Å². The van der Waals surface area contributed by atoms with Crippen LogP contribution in [0, 0.1) is 0 Å². The maximum Gasteiger partial charge on any atom is 0.263 e. The van der Waals surface area contributed by atoms with Gasteiger partial charge in [-0.2, -0.15) is 4.98 Å². The molecule has 1 N–H and O–H groups in total. The summed E-state index contributed by atoms with van der Waals surface area (Å²) in [7, 11) is 3.01. The second kappa shape index (κ2) is 7.40. The maximum absolute atomic E-state index is 12.8. The number of nitrogens with zero attached hydrogens (tertiary/aromatic N) is 2. The number of amides is 1. The Hall–Kier alpha value is -3.87. The fourth-order valence-corrected chi connectivity index (χ4v) is 2.89. The monoisotopic (exact) mass is 375 g/mol. The average molecular weight is 375 g/mol. The van der Waals surface area contributed by atoms with Gasteiger partial charge in [-0.15, -0.1) is 0 Å². The zero-order valence-corrected chi connectivity index (χ0v) is 15.3. The van der Waals surface area contributed by atoms with Crippen LogP contribution in [0.4, 0.5) is 5.69 Å². The minimum atomic E-state index is -0.342. The first-order chi connectivity index (χ1) is 13.7. The summed E-state index contributed by atoms with van der Waals surface area (Å²) in [5.41, 5.74) is 2.77. The number of oxazole rings is 1. The lowest BCUT2D eigenvalue weighted by Crippen LogP contribution is -2.14. The second-order valence-electron chi connectivity index (χ2n) is 5.92. The molecule has 0 saturated carbocycles. The molecule has 0 bridgehead atoms. The van der Waals surface area contributed by atoms with E-state index in [1.807, 2.05) is 12.1 Å². The molecule has 0 atom stereocenters. The Morgan fingerprint density at radius 2 is 1.75 bits per heavy atom. The van der Waals surface area contributed by atoms with Crippen molar-refractivity contribution in [2.24, 2.45) is 0 Å². The SMILES string of the molecule is COc1cccc(OC)c1C(=O)Nc1cccc(-c2nc3ncccc3o2)c1. The predicted octanol–water partition coefficient (Wildman–Crippen LogP) is 4.16. The third kappa shape index (κ3) is 3.25. The molecule has 7 heteroatoms. The van der Waals surface area contributed by atoms with Crippen LogP contribution in [0.1, 0.15) is 10.4 Å². The van der Waals surface area contributed by atoms with Gasteiger partial charge in [0.05, 0.1) is 14.2 Å². The molecule has 0 aliphatic heterocycles. The van der Waals surface area contributed by atoms with E-state index in [4.69, 9.17) is 13.9 Å². The van der Waals surface area contributed by atoms with E-state index in [0.717, 1.165) is 5.56 Å². The summed E-state index contributed by atoms with van der Waals surface area (Å²) in [4.78, 5) is 21.4. The van der Waals surface area contributed by atoms with E-state index in [1.54, 1.807) is 48.7 Å². The molecule has 2 heterocycles. The minimum absolute atomic E-state index is 0.323. The van der Waals surface area contributed by atoms with Gasteiger partial charge in [-0.05, 0) is 42.5 Å². The van der Waals surface area contributed by atoms with Crippen LogP contribution in [-0.4, -0.2) is 30.1 Å². The number of ether oxygens (including phenoxy) is 2. The molecule has 4 aromatic rings. The Morgan fingerprint density at radius 1 is 1.00 bits per heavy atom. The Morgan fingerprint density at radius 3 is 2.46 bits per heavy atom. The third-order valence-corrected chi connectivity index (χ3v) is 4.19.